The Morgan fingerprint density at radius 2 is 1.86 bits per heavy atom. The molecule has 1 amide bonds. The maximum absolute atomic E-state index is 11.8. The van der Waals surface area contributed by atoms with Crippen LogP contribution in [0.5, 0.6) is 0 Å². The summed E-state index contributed by atoms with van der Waals surface area (Å²) < 4.78 is 0. The van der Waals surface area contributed by atoms with E-state index in [9.17, 15) is 4.79 Å². The van der Waals surface area contributed by atoms with Gasteiger partial charge in [-0.05, 0) is 52.6 Å². The number of nitrogens with one attached hydrogen (secondary N) is 3. The van der Waals surface area contributed by atoms with E-state index in [1.54, 1.807) is 7.05 Å². The first-order valence-corrected chi connectivity index (χ1v) is 8.28. The molecule has 0 aromatic carbocycles. The Morgan fingerprint density at radius 1 is 1.23 bits per heavy atom. The van der Waals surface area contributed by atoms with E-state index >= 15 is 0 Å². The van der Waals surface area contributed by atoms with Gasteiger partial charge in [0, 0.05) is 25.7 Å². The minimum absolute atomic E-state index is 0.0273. The van der Waals surface area contributed by atoms with E-state index in [2.05, 4.69) is 32.8 Å². The lowest BCUT2D eigenvalue weighted by Gasteiger charge is -2.30. The van der Waals surface area contributed by atoms with E-state index in [1.165, 1.54) is 25.9 Å². The zero-order chi connectivity index (χ0) is 16.6. The van der Waals surface area contributed by atoms with Gasteiger partial charge in [0.1, 0.15) is 0 Å². The van der Waals surface area contributed by atoms with E-state index < -0.39 is 0 Å². The van der Waals surface area contributed by atoms with E-state index in [4.69, 9.17) is 0 Å². The van der Waals surface area contributed by atoms with Crippen LogP contribution in [-0.4, -0.2) is 62.1 Å². The fourth-order valence-electron chi connectivity index (χ4n) is 2.47. The van der Waals surface area contributed by atoms with Gasteiger partial charge in [-0.15, -0.1) is 0 Å². The number of rotatable bonds is 5. The molecule has 0 bridgehead atoms. The van der Waals surface area contributed by atoms with Crippen LogP contribution in [0, 0.1) is 5.92 Å². The van der Waals surface area contributed by atoms with Crippen molar-refractivity contribution in [2.75, 3.05) is 39.8 Å². The van der Waals surface area contributed by atoms with Crippen molar-refractivity contribution in [3.63, 3.8) is 0 Å². The smallest absolute Gasteiger partial charge is 0.239 e. The van der Waals surface area contributed by atoms with Gasteiger partial charge >= 0.3 is 0 Å². The number of likely N-dealkylation sites (tertiary alicyclic amines) is 1. The fourth-order valence-corrected chi connectivity index (χ4v) is 2.47. The van der Waals surface area contributed by atoms with Crippen molar-refractivity contribution >= 4 is 11.9 Å². The number of aliphatic imine (C=N–C) groups is 1. The molecule has 0 atom stereocenters. The van der Waals surface area contributed by atoms with Crippen molar-refractivity contribution in [2.45, 2.75) is 46.1 Å². The SMILES string of the molecule is CN=C(NCCN1CCC(C)CC1)NCC(=O)NC(C)(C)C. The molecule has 22 heavy (non-hydrogen) atoms. The summed E-state index contributed by atoms with van der Waals surface area (Å²) in [7, 11) is 1.72. The van der Waals surface area contributed by atoms with E-state index in [0.717, 1.165) is 19.0 Å². The van der Waals surface area contributed by atoms with Crippen LogP contribution in [0.1, 0.15) is 40.5 Å². The van der Waals surface area contributed by atoms with Crippen molar-refractivity contribution < 1.29 is 4.79 Å². The number of amides is 1. The number of hydrogen-bond donors (Lipinski definition) is 3. The average molecular weight is 311 g/mol. The lowest BCUT2D eigenvalue weighted by atomic mass is 9.99. The number of nitrogens with zero attached hydrogens (tertiary/aromatic N) is 2. The molecule has 1 aliphatic heterocycles. The zero-order valence-electron chi connectivity index (χ0n) is 14.8. The van der Waals surface area contributed by atoms with Crippen LogP contribution in [0.2, 0.25) is 0 Å². The summed E-state index contributed by atoms with van der Waals surface area (Å²) in [6.45, 7) is 12.7. The Hall–Kier alpha value is -1.30. The Bertz CT molecular complexity index is 367. The van der Waals surface area contributed by atoms with E-state index in [1.807, 2.05) is 20.8 Å². The summed E-state index contributed by atoms with van der Waals surface area (Å²) >= 11 is 0. The van der Waals surface area contributed by atoms with Gasteiger partial charge in [0.15, 0.2) is 5.96 Å². The van der Waals surface area contributed by atoms with E-state index in [-0.39, 0.29) is 18.0 Å². The summed E-state index contributed by atoms with van der Waals surface area (Å²) in [4.78, 5) is 18.4. The van der Waals surface area contributed by atoms with Crippen LogP contribution in [0.4, 0.5) is 0 Å². The third kappa shape index (κ3) is 8.22. The van der Waals surface area contributed by atoms with Gasteiger partial charge in [-0.1, -0.05) is 6.92 Å². The molecule has 1 rings (SSSR count). The van der Waals surface area contributed by atoms with Crippen LogP contribution >= 0.6 is 0 Å². The molecule has 0 unspecified atom stereocenters. The van der Waals surface area contributed by atoms with Crippen LogP contribution in [-0.2, 0) is 4.79 Å². The summed E-state index contributed by atoms with van der Waals surface area (Å²) in [6.07, 6.45) is 2.58. The molecular weight excluding hydrogens is 278 g/mol. The summed E-state index contributed by atoms with van der Waals surface area (Å²) in [6, 6.07) is 0. The van der Waals surface area contributed by atoms with Gasteiger partial charge in [0.05, 0.1) is 6.54 Å². The average Bonchev–Trinajstić information content (AvgIpc) is 2.42. The Kier molecular flexibility index (Phi) is 7.65. The molecule has 6 nitrogen and oxygen atoms in total. The first-order valence-electron chi connectivity index (χ1n) is 8.28. The Balaban J connectivity index is 2.18. The van der Waals surface area contributed by atoms with Gasteiger partial charge in [0.2, 0.25) is 5.91 Å². The van der Waals surface area contributed by atoms with Crippen LogP contribution < -0.4 is 16.0 Å². The van der Waals surface area contributed by atoms with Crippen molar-refractivity contribution in [3.05, 3.63) is 0 Å². The Morgan fingerprint density at radius 3 is 2.41 bits per heavy atom. The lowest BCUT2D eigenvalue weighted by Crippen LogP contribution is -2.49. The van der Waals surface area contributed by atoms with Crippen LogP contribution in [0.25, 0.3) is 0 Å². The molecule has 6 heteroatoms. The number of guanidine groups is 1. The van der Waals surface area contributed by atoms with Crippen molar-refractivity contribution in [2.24, 2.45) is 10.9 Å². The molecule has 3 N–H and O–H groups in total. The normalized spacial score (nSPS) is 18.1. The molecule has 1 fully saturated rings. The number of carbonyl (C=O) groups excluding carboxylic acids is 1. The molecule has 0 spiro atoms. The second-order valence-corrected chi connectivity index (χ2v) is 7.17. The van der Waals surface area contributed by atoms with Crippen molar-refractivity contribution in [1.29, 1.82) is 0 Å². The standard InChI is InChI=1S/C16H33N5O/c1-13-6-9-21(10-7-13)11-8-18-15(17-5)19-12-14(22)20-16(2,3)4/h13H,6-12H2,1-5H3,(H,20,22)(H2,17,18,19). The highest BCUT2D eigenvalue weighted by Crippen LogP contribution is 2.14. The van der Waals surface area contributed by atoms with Crippen LogP contribution in [0.3, 0.4) is 0 Å². The molecule has 0 aromatic heterocycles. The maximum atomic E-state index is 11.8. The highest BCUT2D eigenvalue weighted by molar-refractivity contribution is 5.86. The second-order valence-electron chi connectivity index (χ2n) is 7.17. The summed E-state index contributed by atoms with van der Waals surface area (Å²) in [5, 5.41) is 9.23. The molecule has 0 aromatic rings. The van der Waals surface area contributed by atoms with Crippen molar-refractivity contribution in [1.82, 2.24) is 20.9 Å². The molecule has 128 valence electrons. The molecule has 0 aliphatic carbocycles. The van der Waals surface area contributed by atoms with Gasteiger partial charge in [-0.3, -0.25) is 9.79 Å². The number of carbonyl (C=O) groups is 1. The Labute approximate surface area is 135 Å². The highest BCUT2D eigenvalue weighted by atomic mass is 16.2. The first-order chi connectivity index (χ1) is 10.3. The first kappa shape index (κ1) is 18.7. The quantitative estimate of drug-likeness (QED) is 0.519. The minimum atomic E-state index is -0.207. The molecular formula is C16H33N5O. The van der Waals surface area contributed by atoms with Gasteiger partial charge < -0.3 is 20.9 Å². The molecule has 0 radical (unpaired) electrons. The van der Waals surface area contributed by atoms with E-state index in [0.29, 0.717) is 5.96 Å². The maximum Gasteiger partial charge on any atom is 0.239 e. The molecule has 0 saturated carbocycles. The monoisotopic (exact) mass is 311 g/mol. The second kappa shape index (κ2) is 8.98. The summed E-state index contributed by atoms with van der Waals surface area (Å²) in [5.41, 5.74) is -0.207. The van der Waals surface area contributed by atoms with Gasteiger partial charge in [-0.25, -0.2) is 0 Å². The zero-order valence-corrected chi connectivity index (χ0v) is 14.8. The highest BCUT2D eigenvalue weighted by Gasteiger charge is 2.15. The predicted molar refractivity (Wildman–Crippen MR) is 92.1 cm³/mol. The molecule has 1 heterocycles. The molecule has 1 aliphatic rings. The summed E-state index contributed by atoms with van der Waals surface area (Å²) in [5.74, 6) is 1.51. The fraction of sp³-hybridized carbons (Fsp3) is 0.875. The number of piperidine rings is 1. The van der Waals surface area contributed by atoms with Crippen molar-refractivity contribution in [3.8, 4) is 0 Å². The van der Waals surface area contributed by atoms with Gasteiger partial charge in [0.25, 0.3) is 0 Å². The third-order valence-corrected chi connectivity index (χ3v) is 3.75. The largest absolute Gasteiger partial charge is 0.355 e. The molecule has 1 saturated heterocycles. The number of hydrogen-bond acceptors (Lipinski definition) is 3. The van der Waals surface area contributed by atoms with Crippen LogP contribution in [0.15, 0.2) is 4.99 Å². The topological polar surface area (TPSA) is 68.8 Å². The van der Waals surface area contributed by atoms with Gasteiger partial charge in [-0.2, -0.15) is 0 Å². The lowest BCUT2D eigenvalue weighted by molar-refractivity contribution is -0.121. The third-order valence-electron chi connectivity index (χ3n) is 3.75. The minimum Gasteiger partial charge on any atom is -0.355 e. The predicted octanol–water partition coefficient (Wildman–Crippen LogP) is 0.798.